The summed E-state index contributed by atoms with van der Waals surface area (Å²) in [5.74, 6) is 0.151. The molecule has 1 aromatic heterocycles. The zero-order valence-corrected chi connectivity index (χ0v) is 14.3. The molecule has 19 heavy (non-hydrogen) atoms. The number of hydrogen-bond acceptors (Lipinski definition) is 2. The van der Waals surface area contributed by atoms with E-state index in [4.69, 9.17) is 0 Å². The van der Waals surface area contributed by atoms with Gasteiger partial charge >= 0.3 is 0 Å². The molecular weight excluding hydrogens is 324 g/mol. The summed E-state index contributed by atoms with van der Waals surface area (Å²) in [5.41, 5.74) is 0.785. The number of rotatable bonds is 2. The fourth-order valence-electron chi connectivity index (χ4n) is 2.55. The van der Waals surface area contributed by atoms with Gasteiger partial charge < -0.3 is 9.47 Å². The van der Waals surface area contributed by atoms with Crippen molar-refractivity contribution in [2.24, 2.45) is 0 Å². The van der Waals surface area contributed by atoms with Crippen molar-refractivity contribution in [1.82, 2.24) is 9.47 Å². The van der Waals surface area contributed by atoms with E-state index < -0.39 is 0 Å². The third-order valence-electron chi connectivity index (χ3n) is 3.30. The van der Waals surface area contributed by atoms with Crippen LogP contribution in [-0.2, 0) is 0 Å². The third-order valence-corrected chi connectivity index (χ3v) is 4.96. The maximum Gasteiger partial charge on any atom is 0.270 e. The van der Waals surface area contributed by atoms with Crippen molar-refractivity contribution in [2.75, 3.05) is 13.1 Å². The lowest BCUT2D eigenvalue weighted by molar-refractivity contribution is 0.0741. The first-order valence-electron chi connectivity index (χ1n) is 6.70. The summed E-state index contributed by atoms with van der Waals surface area (Å²) in [5, 5.41) is 1.03. The number of thioether (sulfide) groups is 1. The van der Waals surface area contributed by atoms with Gasteiger partial charge in [-0.15, -0.1) is 0 Å². The van der Waals surface area contributed by atoms with Gasteiger partial charge in [0.2, 0.25) is 0 Å². The highest BCUT2D eigenvalue weighted by atomic mass is 79.9. The van der Waals surface area contributed by atoms with Crippen molar-refractivity contribution in [1.29, 1.82) is 0 Å². The molecule has 0 aliphatic carbocycles. The lowest BCUT2D eigenvalue weighted by atomic mass is 10.2. The highest BCUT2D eigenvalue weighted by Gasteiger charge is 2.28. The van der Waals surface area contributed by atoms with Gasteiger partial charge in [0, 0.05) is 40.3 Å². The van der Waals surface area contributed by atoms with E-state index in [-0.39, 0.29) is 5.91 Å². The number of carbonyl (C=O) groups is 1. The standard InChI is InChI=1S/C14H21BrN2OS/c1-9(2)17-8-12(15)5-13(17)14(18)16-6-10(3)19-11(4)7-16/h5,8-11H,6-7H2,1-4H3. The highest BCUT2D eigenvalue weighted by Crippen LogP contribution is 2.27. The molecule has 1 amide bonds. The van der Waals surface area contributed by atoms with Gasteiger partial charge in [0.1, 0.15) is 5.69 Å². The Morgan fingerprint density at radius 2 is 1.95 bits per heavy atom. The van der Waals surface area contributed by atoms with Crippen LogP contribution in [0.1, 0.15) is 44.2 Å². The third kappa shape index (κ3) is 3.37. The van der Waals surface area contributed by atoms with E-state index in [0.717, 1.165) is 23.3 Å². The molecular formula is C14H21BrN2OS. The summed E-state index contributed by atoms with van der Waals surface area (Å²) < 4.78 is 3.01. The smallest absolute Gasteiger partial charge is 0.270 e. The van der Waals surface area contributed by atoms with E-state index in [9.17, 15) is 4.79 Å². The number of nitrogens with zero attached hydrogens (tertiary/aromatic N) is 2. The van der Waals surface area contributed by atoms with Crippen LogP contribution in [0.2, 0.25) is 0 Å². The SMILES string of the molecule is CC1CN(C(=O)c2cc(Br)cn2C(C)C)CC(C)S1. The Morgan fingerprint density at radius 1 is 1.37 bits per heavy atom. The lowest BCUT2D eigenvalue weighted by Gasteiger charge is -2.34. The van der Waals surface area contributed by atoms with Crippen LogP contribution < -0.4 is 0 Å². The summed E-state index contributed by atoms with van der Waals surface area (Å²) in [6, 6.07) is 2.22. The molecule has 1 aliphatic rings. The van der Waals surface area contributed by atoms with Crippen molar-refractivity contribution in [3.8, 4) is 0 Å². The van der Waals surface area contributed by atoms with E-state index in [0.29, 0.717) is 16.5 Å². The quantitative estimate of drug-likeness (QED) is 0.815. The molecule has 1 aromatic rings. The van der Waals surface area contributed by atoms with Crippen molar-refractivity contribution >= 4 is 33.6 Å². The van der Waals surface area contributed by atoms with Gasteiger partial charge in [0.15, 0.2) is 0 Å². The average Bonchev–Trinajstić information content (AvgIpc) is 2.69. The Bertz CT molecular complexity index is 462. The highest BCUT2D eigenvalue weighted by molar-refractivity contribution is 9.10. The molecule has 2 rings (SSSR count). The number of hydrogen-bond donors (Lipinski definition) is 0. The number of aromatic nitrogens is 1. The normalized spacial score (nSPS) is 24.0. The molecule has 0 spiro atoms. The largest absolute Gasteiger partial charge is 0.340 e. The fraction of sp³-hybridized carbons (Fsp3) is 0.643. The summed E-state index contributed by atoms with van der Waals surface area (Å²) in [4.78, 5) is 14.7. The zero-order valence-electron chi connectivity index (χ0n) is 11.9. The van der Waals surface area contributed by atoms with Gasteiger partial charge in [-0.1, -0.05) is 13.8 Å². The molecule has 2 heterocycles. The number of carbonyl (C=O) groups excluding carboxylic acids is 1. The molecule has 0 N–H and O–H groups in total. The molecule has 1 fully saturated rings. The maximum atomic E-state index is 12.7. The minimum atomic E-state index is 0.151. The Morgan fingerprint density at radius 3 is 2.47 bits per heavy atom. The minimum Gasteiger partial charge on any atom is -0.340 e. The Balaban J connectivity index is 2.24. The molecule has 0 aromatic carbocycles. The topological polar surface area (TPSA) is 25.2 Å². The predicted molar refractivity (Wildman–Crippen MR) is 84.9 cm³/mol. The molecule has 2 unspecified atom stereocenters. The predicted octanol–water partition coefficient (Wildman–Crippen LogP) is 3.80. The first kappa shape index (κ1) is 15.0. The first-order chi connectivity index (χ1) is 8.88. The second-order valence-electron chi connectivity index (χ2n) is 5.51. The molecule has 1 aliphatic heterocycles. The van der Waals surface area contributed by atoms with Crippen LogP contribution in [0.4, 0.5) is 0 Å². The van der Waals surface area contributed by atoms with Crippen LogP contribution in [-0.4, -0.2) is 39.0 Å². The Labute approximate surface area is 127 Å². The second-order valence-corrected chi connectivity index (χ2v) is 8.31. The van der Waals surface area contributed by atoms with Crippen LogP contribution >= 0.6 is 27.7 Å². The van der Waals surface area contributed by atoms with Gasteiger partial charge in [-0.05, 0) is 35.8 Å². The first-order valence-corrected chi connectivity index (χ1v) is 8.44. The molecule has 0 bridgehead atoms. The van der Waals surface area contributed by atoms with Crippen LogP contribution in [0.25, 0.3) is 0 Å². The van der Waals surface area contributed by atoms with Gasteiger partial charge in [0.05, 0.1) is 0 Å². The second kappa shape index (κ2) is 5.92. The van der Waals surface area contributed by atoms with Crippen LogP contribution in [0.15, 0.2) is 16.7 Å². The van der Waals surface area contributed by atoms with E-state index in [1.807, 2.05) is 33.5 Å². The Hall–Kier alpha value is -0.420. The molecule has 2 atom stereocenters. The van der Waals surface area contributed by atoms with Crippen LogP contribution in [0, 0.1) is 0 Å². The minimum absolute atomic E-state index is 0.151. The van der Waals surface area contributed by atoms with Crippen molar-refractivity contribution in [3.05, 3.63) is 22.4 Å². The van der Waals surface area contributed by atoms with Gasteiger partial charge in [-0.25, -0.2) is 0 Å². The maximum absolute atomic E-state index is 12.7. The zero-order chi connectivity index (χ0) is 14.2. The summed E-state index contributed by atoms with van der Waals surface area (Å²) in [6.07, 6.45) is 1.99. The molecule has 5 heteroatoms. The lowest BCUT2D eigenvalue weighted by Crippen LogP contribution is -2.44. The van der Waals surface area contributed by atoms with E-state index >= 15 is 0 Å². The Kier molecular flexibility index (Phi) is 4.66. The molecule has 3 nitrogen and oxygen atoms in total. The molecule has 106 valence electrons. The van der Waals surface area contributed by atoms with Crippen LogP contribution in [0.5, 0.6) is 0 Å². The van der Waals surface area contributed by atoms with Crippen LogP contribution in [0.3, 0.4) is 0 Å². The summed E-state index contributed by atoms with van der Waals surface area (Å²) in [6.45, 7) is 10.3. The van der Waals surface area contributed by atoms with Gasteiger partial charge in [-0.2, -0.15) is 11.8 Å². The van der Waals surface area contributed by atoms with Gasteiger partial charge in [-0.3, -0.25) is 4.79 Å². The van der Waals surface area contributed by atoms with Crippen molar-refractivity contribution < 1.29 is 4.79 Å². The molecule has 0 radical (unpaired) electrons. The van der Waals surface area contributed by atoms with Gasteiger partial charge in [0.25, 0.3) is 5.91 Å². The molecule has 1 saturated heterocycles. The summed E-state index contributed by atoms with van der Waals surface area (Å²) >= 11 is 5.43. The average molecular weight is 345 g/mol. The van der Waals surface area contributed by atoms with E-state index in [1.54, 1.807) is 0 Å². The van der Waals surface area contributed by atoms with E-state index in [2.05, 4.69) is 43.6 Å². The number of amides is 1. The summed E-state index contributed by atoms with van der Waals surface area (Å²) in [7, 11) is 0. The van der Waals surface area contributed by atoms with Crippen molar-refractivity contribution in [2.45, 2.75) is 44.2 Å². The number of halogens is 1. The molecule has 0 saturated carbocycles. The van der Waals surface area contributed by atoms with E-state index in [1.165, 1.54) is 0 Å². The fourth-order valence-corrected chi connectivity index (χ4v) is 4.31. The monoisotopic (exact) mass is 344 g/mol. The van der Waals surface area contributed by atoms with Crippen molar-refractivity contribution in [3.63, 3.8) is 0 Å².